The van der Waals surface area contributed by atoms with Crippen molar-refractivity contribution in [3.63, 3.8) is 0 Å². The Morgan fingerprint density at radius 1 is 0.974 bits per heavy atom. The van der Waals surface area contributed by atoms with Crippen LogP contribution in [0.5, 0.6) is 0 Å². The number of benzene rings is 1. The van der Waals surface area contributed by atoms with Crippen LogP contribution in [0, 0.1) is 13.8 Å². The molecule has 38 heavy (non-hydrogen) atoms. The van der Waals surface area contributed by atoms with Crippen LogP contribution in [0.1, 0.15) is 40.8 Å². The van der Waals surface area contributed by atoms with Gasteiger partial charge in [0.2, 0.25) is 0 Å². The molecule has 1 aliphatic rings. The molecule has 10 nitrogen and oxygen atoms in total. The Kier molecular flexibility index (Phi) is 12.8. The van der Waals surface area contributed by atoms with Gasteiger partial charge in [0.05, 0.1) is 26.1 Å². The number of hydrogen-bond donors (Lipinski definition) is 4. The van der Waals surface area contributed by atoms with E-state index >= 15 is 0 Å². The summed E-state index contributed by atoms with van der Waals surface area (Å²) in [5.74, 6) is -5.02. The number of rotatable bonds is 13. The van der Waals surface area contributed by atoms with Crippen molar-refractivity contribution in [2.24, 2.45) is 0 Å². The van der Waals surface area contributed by atoms with Gasteiger partial charge in [0.1, 0.15) is 0 Å². The number of aliphatic carboxylic acids is 3. The summed E-state index contributed by atoms with van der Waals surface area (Å²) in [5, 5.41) is 36.0. The van der Waals surface area contributed by atoms with E-state index in [1.165, 1.54) is 34.5 Å². The Morgan fingerprint density at radius 2 is 1.61 bits per heavy atom. The number of carbonyl (C=O) groups is 3. The Bertz CT molecular complexity index is 1040. The SMILES string of the molecule is Cc1ccccc1CN(CCCN1CCOCC1)Cc1sccc1C.O=C(O)CC(O)(CC(=O)O)C(=O)O. The lowest BCUT2D eigenvalue weighted by atomic mass is 9.96. The first-order chi connectivity index (χ1) is 18.0. The first kappa shape index (κ1) is 31.4. The van der Waals surface area contributed by atoms with E-state index in [0.29, 0.717) is 0 Å². The predicted molar refractivity (Wildman–Crippen MR) is 143 cm³/mol. The molecule has 0 radical (unpaired) electrons. The fourth-order valence-electron chi connectivity index (χ4n) is 4.07. The Balaban J connectivity index is 0.000000332. The highest BCUT2D eigenvalue weighted by Gasteiger charge is 2.40. The topological polar surface area (TPSA) is 148 Å². The van der Waals surface area contributed by atoms with Crippen LogP contribution in [0.3, 0.4) is 0 Å². The number of ether oxygens (including phenoxy) is 1. The number of carboxylic acids is 3. The molecule has 1 aliphatic heterocycles. The highest BCUT2D eigenvalue weighted by atomic mass is 32.1. The van der Waals surface area contributed by atoms with Crippen molar-refractivity contribution < 1.29 is 39.5 Å². The molecular weight excluding hydrogens is 512 g/mol. The Hall–Kier alpha value is -2.83. The van der Waals surface area contributed by atoms with E-state index in [1.54, 1.807) is 0 Å². The van der Waals surface area contributed by atoms with Crippen LogP contribution in [-0.4, -0.2) is 93.1 Å². The zero-order valence-corrected chi connectivity index (χ0v) is 22.8. The van der Waals surface area contributed by atoms with Gasteiger partial charge in [-0.2, -0.15) is 0 Å². The zero-order chi connectivity index (χ0) is 28.1. The van der Waals surface area contributed by atoms with Crippen molar-refractivity contribution in [1.82, 2.24) is 9.80 Å². The third-order valence-electron chi connectivity index (χ3n) is 6.33. The number of nitrogens with zero attached hydrogens (tertiary/aromatic N) is 2. The van der Waals surface area contributed by atoms with Crippen molar-refractivity contribution in [2.45, 2.75) is 51.8 Å². The molecular formula is C27H38N2O8S. The lowest BCUT2D eigenvalue weighted by Crippen LogP contribution is -2.42. The average Bonchev–Trinajstić information content (AvgIpc) is 3.24. The van der Waals surface area contributed by atoms with Crippen LogP contribution >= 0.6 is 11.3 Å². The number of aliphatic hydroxyl groups is 1. The fraction of sp³-hybridized carbons (Fsp3) is 0.519. The molecule has 1 aromatic carbocycles. The summed E-state index contributed by atoms with van der Waals surface area (Å²) in [6.07, 6.45) is -1.07. The van der Waals surface area contributed by atoms with Crippen molar-refractivity contribution in [3.05, 3.63) is 57.3 Å². The number of hydrogen-bond acceptors (Lipinski definition) is 8. The highest BCUT2D eigenvalue weighted by Crippen LogP contribution is 2.20. The molecule has 0 saturated carbocycles. The second-order valence-corrected chi connectivity index (χ2v) is 10.4. The molecule has 4 N–H and O–H groups in total. The second-order valence-electron chi connectivity index (χ2n) is 9.45. The normalized spacial score (nSPS) is 14.1. The van der Waals surface area contributed by atoms with Crippen molar-refractivity contribution in [3.8, 4) is 0 Å². The van der Waals surface area contributed by atoms with E-state index in [9.17, 15) is 14.4 Å². The lowest BCUT2D eigenvalue weighted by Gasteiger charge is -2.28. The van der Waals surface area contributed by atoms with Gasteiger partial charge in [0, 0.05) is 37.6 Å². The first-order valence-electron chi connectivity index (χ1n) is 12.5. The van der Waals surface area contributed by atoms with Crippen molar-refractivity contribution >= 4 is 29.2 Å². The average molecular weight is 551 g/mol. The Labute approximate surface area is 227 Å². The smallest absolute Gasteiger partial charge is 0.336 e. The predicted octanol–water partition coefficient (Wildman–Crippen LogP) is 2.84. The molecule has 2 aromatic rings. The van der Waals surface area contributed by atoms with Gasteiger partial charge >= 0.3 is 17.9 Å². The minimum absolute atomic E-state index is 0.890. The molecule has 0 atom stereocenters. The maximum Gasteiger partial charge on any atom is 0.336 e. The minimum Gasteiger partial charge on any atom is -0.481 e. The van der Waals surface area contributed by atoms with Crippen LogP contribution < -0.4 is 0 Å². The number of thiophene rings is 1. The molecule has 1 saturated heterocycles. The van der Waals surface area contributed by atoms with Gasteiger partial charge in [-0.3, -0.25) is 19.4 Å². The summed E-state index contributed by atoms with van der Waals surface area (Å²) < 4.78 is 5.45. The number of aryl methyl sites for hydroxylation is 2. The van der Waals surface area contributed by atoms with E-state index in [4.69, 9.17) is 25.2 Å². The lowest BCUT2D eigenvalue weighted by molar-refractivity contribution is -0.170. The summed E-state index contributed by atoms with van der Waals surface area (Å²) in [5.41, 5.74) is 1.53. The second kappa shape index (κ2) is 15.6. The molecule has 3 rings (SSSR count). The van der Waals surface area contributed by atoms with E-state index in [2.05, 4.69) is 59.4 Å². The molecule has 11 heteroatoms. The van der Waals surface area contributed by atoms with Crippen LogP contribution in [0.15, 0.2) is 35.7 Å². The van der Waals surface area contributed by atoms with Crippen LogP contribution in [-0.2, 0) is 32.2 Å². The fourth-order valence-corrected chi connectivity index (χ4v) is 5.02. The molecule has 210 valence electrons. The van der Waals surface area contributed by atoms with Crippen molar-refractivity contribution in [1.29, 1.82) is 0 Å². The number of morpholine rings is 1. The van der Waals surface area contributed by atoms with Crippen LogP contribution in [0.2, 0.25) is 0 Å². The maximum absolute atomic E-state index is 10.3. The van der Waals surface area contributed by atoms with E-state index in [0.717, 1.165) is 45.9 Å². The molecule has 1 aromatic heterocycles. The van der Waals surface area contributed by atoms with E-state index < -0.39 is 36.4 Å². The van der Waals surface area contributed by atoms with Crippen LogP contribution in [0.4, 0.5) is 0 Å². The monoisotopic (exact) mass is 550 g/mol. The van der Waals surface area contributed by atoms with Gasteiger partial charge in [-0.25, -0.2) is 4.79 Å². The maximum atomic E-state index is 10.3. The van der Waals surface area contributed by atoms with E-state index in [-0.39, 0.29) is 0 Å². The van der Waals surface area contributed by atoms with Gasteiger partial charge in [-0.1, -0.05) is 24.3 Å². The number of carboxylic acid groups (broad SMARTS) is 3. The van der Waals surface area contributed by atoms with Gasteiger partial charge < -0.3 is 25.2 Å². The molecule has 0 amide bonds. The van der Waals surface area contributed by atoms with Gasteiger partial charge in [-0.15, -0.1) is 11.3 Å². The third-order valence-corrected chi connectivity index (χ3v) is 7.34. The molecule has 0 unspecified atom stereocenters. The minimum atomic E-state index is -2.74. The summed E-state index contributed by atoms with van der Waals surface area (Å²) in [6.45, 7) is 12.8. The zero-order valence-electron chi connectivity index (χ0n) is 22.0. The first-order valence-corrected chi connectivity index (χ1v) is 13.4. The molecule has 2 heterocycles. The summed E-state index contributed by atoms with van der Waals surface area (Å²) in [7, 11) is 0. The largest absolute Gasteiger partial charge is 0.481 e. The molecule has 0 aliphatic carbocycles. The third kappa shape index (κ3) is 10.9. The van der Waals surface area contributed by atoms with Crippen molar-refractivity contribution in [2.75, 3.05) is 39.4 Å². The molecule has 1 fully saturated rings. The summed E-state index contributed by atoms with van der Waals surface area (Å²) in [4.78, 5) is 37.1. The summed E-state index contributed by atoms with van der Waals surface area (Å²) >= 11 is 1.89. The quantitative estimate of drug-likeness (QED) is 0.293. The van der Waals surface area contributed by atoms with E-state index in [1.807, 2.05) is 11.3 Å². The Morgan fingerprint density at radius 3 is 2.13 bits per heavy atom. The highest BCUT2D eigenvalue weighted by molar-refractivity contribution is 7.10. The van der Waals surface area contributed by atoms with Gasteiger partial charge in [0.15, 0.2) is 5.60 Å². The molecule has 0 bridgehead atoms. The van der Waals surface area contributed by atoms with Crippen LogP contribution in [0.25, 0.3) is 0 Å². The van der Waals surface area contributed by atoms with Gasteiger partial charge in [0.25, 0.3) is 0 Å². The standard InChI is InChI=1S/C21H30N2OS.C6H8O7/c1-18-6-3-4-7-20(18)16-23(17-21-19(2)8-15-25-21)10-5-9-22-11-13-24-14-12-22;7-3(8)1-6(13,5(11)12)2-4(9)10/h3-4,6-8,15H,5,9-14,16-17H2,1-2H3;13H,1-2H2,(H,7,8)(H,9,10)(H,11,12). The molecule has 0 spiro atoms. The summed E-state index contributed by atoms with van der Waals surface area (Å²) in [6, 6.07) is 11.0. The van der Waals surface area contributed by atoms with Gasteiger partial charge in [-0.05, 0) is 54.9 Å².